The van der Waals surface area contributed by atoms with Crippen molar-refractivity contribution in [2.45, 2.75) is 51.7 Å². The Hall–Kier alpha value is -0.380. The van der Waals surface area contributed by atoms with E-state index in [0.29, 0.717) is 6.42 Å². The molecule has 2 N–H and O–H groups in total. The Morgan fingerprint density at radius 2 is 1.94 bits per heavy atom. The third-order valence-electron chi connectivity index (χ3n) is 3.33. The van der Waals surface area contributed by atoms with Gasteiger partial charge in [-0.25, -0.2) is 0 Å². The molecule has 1 aromatic rings. The number of aliphatic hydroxyl groups excluding tert-OH is 2. The van der Waals surface area contributed by atoms with Crippen LogP contribution in [0.15, 0.2) is 22.7 Å². The molecule has 3 heteroatoms. The number of halogens is 1. The molecule has 3 unspecified atom stereocenters. The maximum Gasteiger partial charge on any atom is 0.0802 e. The summed E-state index contributed by atoms with van der Waals surface area (Å²) in [7, 11) is 0. The third kappa shape index (κ3) is 3.80. The number of aliphatic hydroxyl groups is 2. The molecule has 0 radical (unpaired) electrons. The molecule has 0 bridgehead atoms. The molecule has 0 saturated heterocycles. The van der Waals surface area contributed by atoms with Gasteiger partial charge in [-0.15, -0.1) is 0 Å². The van der Waals surface area contributed by atoms with Crippen LogP contribution in [0.3, 0.4) is 0 Å². The lowest BCUT2D eigenvalue weighted by Crippen LogP contribution is -2.25. The van der Waals surface area contributed by atoms with E-state index in [9.17, 15) is 10.2 Å². The summed E-state index contributed by atoms with van der Waals surface area (Å²) in [5.41, 5.74) is 2.47. The SMILES string of the molecule is CCC(CC(O)C(C)O)c1cccc(Br)c1C. The average Bonchev–Trinajstić information content (AvgIpc) is 2.29. The molecule has 1 rings (SSSR count). The van der Waals surface area contributed by atoms with Crippen LogP contribution in [-0.2, 0) is 0 Å². The minimum atomic E-state index is -0.670. The molecule has 0 fully saturated rings. The molecular formula is C14H21BrO2. The van der Waals surface area contributed by atoms with Gasteiger partial charge in [0, 0.05) is 4.47 Å². The fourth-order valence-corrected chi connectivity index (χ4v) is 2.45. The lowest BCUT2D eigenvalue weighted by atomic mass is 9.87. The summed E-state index contributed by atoms with van der Waals surface area (Å²) in [6.07, 6.45) is 0.238. The van der Waals surface area contributed by atoms with Gasteiger partial charge in [0.2, 0.25) is 0 Å². The highest BCUT2D eigenvalue weighted by Crippen LogP contribution is 2.31. The summed E-state index contributed by atoms with van der Waals surface area (Å²) in [6, 6.07) is 6.14. The van der Waals surface area contributed by atoms with Crippen molar-refractivity contribution in [3.05, 3.63) is 33.8 Å². The van der Waals surface area contributed by atoms with Crippen molar-refractivity contribution >= 4 is 15.9 Å². The predicted octanol–water partition coefficient (Wildman–Crippen LogP) is 3.38. The smallest absolute Gasteiger partial charge is 0.0802 e. The van der Waals surface area contributed by atoms with Crippen molar-refractivity contribution in [3.63, 3.8) is 0 Å². The first kappa shape index (κ1) is 14.7. The molecular weight excluding hydrogens is 280 g/mol. The van der Waals surface area contributed by atoms with E-state index in [4.69, 9.17) is 0 Å². The van der Waals surface area contributed by atoms with Crippen LogP contribution in [0.25, 0.3) is 0 Å². The van der Waals surface area contributed by atoms with Crippen LogP contribution >= 0.6 is 15.9 Å². The highest BCUT2D eigenvalue weighted by molar-refractivity contribution is 9.10. The predicted molar refractivity (Wildman–Crippen MR) is 74.2 cm³/mol. The van der Waals surface area contributed by atoms with E-state index in [1.54, 1.807) is 6.92 Å². The van der Waals surface area contributed by atoms with E-state index in [0.717, 1.165) is 10.9 Å². The Morgan fingerprint density at radius 3 is 2.47 bits per heavy atom. The Labute approximate surface area is 112 Å². The molecule has 0 heterocycles. The quantitative estimate of drug-likeness (QED) is 0.875. The largest absolute Gasteiger partial charge is 0.391 e. The van der Waals surface area contributed by atoms with Crippen molar-refractivity contribution in [3.8, 4) is 0 Å². The first-order valence-electron chi connectivity index (χ1n) is 6.08. The summed E-state index contributed by atoms with van der Waals surface area (Å²) < 4.78 is 1.10. The maximum absolute atomic E-state index is 9.79. The molecule has 0 spiro atoms. The van der Waals surface area contributed by atoms with Crippen molar-refractivity contribution in [1.82, 2.24) is 0 Å². The van der Waals surface area contributed by atoms with Gasteiger partial charge in [0.05, 0.1) is 12.2 Å². The Morgan fingerprint density at radius 1 is 1.29 bits per heavy atom. The summed E-state index contributed by atoms with van der Waals surface area (Å²) in [5, 5.41) is 19.2. The second kappa shape index (κ2) is 6.53. The lowest BCUT2D eigenvalue weighted by molar-refractivity contribution is 0.0214. The Balaban J connectivity index is 2.90. The first-order valence-corrected chi connectivity index (χ1v) is 6.87. The second-order valence-corrected chi connectivity index (χ2v) is 5.46. The van der Waals surface area contributed by atoms with E-state index in [1.807, 2.05) is 12.1 Å². The van der Waals surface area contributed by atoms with Gasteiger partial charge in [-0.2, -0.15) is 0 Å². The minimum Gasteiger partial charge on any atom is -0.391 e. The van der Waals surface area contributed by atoms with Gasteiger partial charge < -0.3 is 10.2 Å². The summed E-state index contributed by atoms with van der Waals surface area (Å²) >= 11 is 3.53. The van der Waals surface area contributed by atoms with Crippen molar-refractivity contribution in [1.29, 1.82) is 0 Å². The molecule has 17 heavy (non-hydrogen) atoms. The van der Waals surface area contributed by atoms with Crippen LogP contribution in [0.4, 0.5) is 0 Å². The van der Waals surface area contributed by atoms with Gasteiger partial charge in [0.15, 0.2) is 0 Å². The van der Waals surface area contributed by atoms with Crippen LogP contribution in [0.5, 0.6) is 0 Å². The van der Waals surface area contributed by atoms with E-state index in [2.05, 4.69) is 35.8 Å². The zero-order chi connectivity index (χ0) is 13.0. The number of hydrogen-bond donors (Lipinski definition) is 2. The molecule has 0 amide bonds. The van der Waals surface area contributed by atoms with Crippen molar-refractivity contribution < 1.29 is 10.2 Å². The summed E-state index contributed by atoms with van der Waals surface area (Å²) in [6.45, 7) is 5.82. The molecule has 2 nitrogen and oxygen atoms in total. The fourth-order valence-electron chi connectivity index (χ4n) is 2.07. The Kier molecular flexibility index (Phi) is 5.63. The highest BCUT2D eigenvalue weighted by atomic mass is 79.9. The van der Waals surface area contributed by atoms with Gasteiger partial charge in [-0.3, -0.25) is 0 Å². The number of hydrogen-bond acceptors (Lipinski definition) is 2. The zero-order valence-electron chi connectivity index (χ0n) is 10.7. The van der Waals surface area contributed by atoms with Crippen LogP contribution in [0, 0.1) is 6.92 Å². The average molecular weight is 301 g/mol. The standard InChI is InChI=1S/C14H21BrO2/c1-4-11(8-14(17)10(3)16)12-6-5-7-13(15)9(12)2/h5-7,10-11,14,16-17H,4,8H2,1-3H3. The van der Waals surface area contributed by atoms with Crippen molar-refractivity contribution in [2.75, 3.05) is 0 Å². The normalized spacial score (nSPS) is 16.6. The van der Waals surface area contributed by atoms with E-state index in [1.165, 1.54) is 11.1 Å². The Bertz CT molecular complexity index is 363. The van der Waals surface area contributed by atoms with E-state index >= 15 is 0 Å². The fraction of sp³-hybridized carbons (Fsp3) is 0.571. The molecule has 1 aromatic carbocycles. The van der Waals surface area contributed by atoms with Gasteiger partial charge in [-0.1, -0.05) is 35.0 Å². The molecule has 0 aliphatic heterocycles. The van der Waals surface area contributed by atoms with Crippen LogP contribution in [0.1, 0.15) is 43.7 Å². The molecule has 0 aliphatic rings. The van der Waals surface area contributed by atoms with Gasteiger partial charge in [-0.05, 0) is 49.8 Å². The molecule has 0 saturated carbocycles. The van der Waals surface area contributed by atoms with Gasteiger partial charge >= 0.3 is 0 Å². The van der Waals surface area contributed by atoms with E-state index < -0.39 is 12.2 Å². The molecule has 96 valence electrons. The van der Waals surface area contributed by atoms with Crippen LogP contribution in [0.2, 0.25) is 0 Å². The molecule has 0 aromatic heterocycles. The zero-order valence-corrected chi connectivity index (χ0v) is 12.2. The maximum atomic E-state index is 9.79. The first-order chi connectivity index (χ1) is 7.97. The van der Waals surface area contributed by atoms with Crippen LogP contribution in [-0.4, -0.2) is 22.4 Å². The third-order valence-corrected chi connectivity index (χ3v) is 4.18. The topological polar surface area (TPSA) is 40.5 Å². The lowest BCUT2D eigenvalue weighted by Gasteiger charge is -2.23. The van der Waals surface area contributed by atoms with Crippen LogP contribution < -0.4 is 0 Å². The van der Waals surface area contributed by atoms with Crippen molar-refractivity contribution in [2.24, 2.45) is 0 Å². The minimum absolute atomic E-state index is 0.289. The summed E-state index contributed by atoms with van der Waals surface area (Å²) in [4.78, 5) is 0. The molecule has 0 aliphatic carbocycles. The van der Waals surface area contributed by atoms with Gasteiger partial charge in [0.1, 0.15) is 0 Å². The number of rotatable bonds is 5. The number of benzene rings is 1. The van der Waals surface area contributed by atoms with Gasteiger partial charge in [0.25, 0.3) is 0 Å². The highest BCUT2D eigenvalue weighted by Gasteiger charge is 2.20. The van der Waals surface area contributed by atoms with E-state index in [-0.39, 0.29) is 5.92 Å². The molecule has 3 atom stereocenters. The second-order valence-electron chi connectivity index (χ2n) is 4.60. The summed E-state index contributed by atoms with van der Waals surface area (Å²) in [5.74, 6) is 0.289. The monoisotopic (exact) mass is 300 g/mol.